The number of rotatable bonds is 23. The van der Waals surface area contributed by atoms with Crippen LogP contribution in [0.15, 0.2) is 0 Å². The summed E-state index contributed by atoms with van der Waals surface area (Å²) in [6.45, 7) is 6.70. The molecule has 182 valence electrons. The van der Waals surface area contributed by atoms with Crippen LogP contribution in [0.3, 0.4) is 0 Å². The van der Waals surface area contributed by atoms with Crippen molar-refractivity contribution in [3.8, 4) is 0 Å². The van der Waals surface area contributed by atoms with Crippen molar-refractivity contribution in [3.05, 3.63) is 0 Å². The van der Waals surface area contributed by atoms with E-state index in [1.807, 2.05) is 6.92 Å². The largest absolute Gasteiger partial charge is 0.455 e. The Morgan fingerprint density at radius 2 is 1.39 bits per heavy atom. The maximum atomic E-state index is 11.7. The molecule has 0 aliphatic carbocycles. The summed E-state index contributed by atoms with van der Waals surface area (Å²) in [5.41, 5.74) is 0. The third-order valence-corrected chi connectivity index (χ3v) is 3.91. The Morgan fingerprint density at radius 3 is 1.90 bits per heavy atom. The van der Waals surface area contributed by atoms with Gasteiger partial charge < -0.3 is 33.7 Å². The molecule has 1 unspecified atom stereocenters. The first-order valence-corrected chi connectivity index (χ1v) is 10.8. The predicted molar refractivity (Wildman–Crippen MR) is 113 cm³/mol. The molecule has 1 atom stereocenters. The lowest BCUT2D eigenvalue weighted by atomic mass is 10.2. The first kappa shape index (κ1) is 29.4. The van der Waals surface area contributed by atoms with Crippen LogP contribution in [0.5, 0.6) is 0 Å². The Labute approximate surface area is 185 Å². The summed E-state index contributed by atoms with van der Waals surface area (Å²) in [4.78, 5) is 34.1. The van der Waals surface area contributed by atoms with Crippen molar-refractivity contribution < 1.29 is 42.8 Å². The van der Waals surface area contributed by atoms with E-state index in [0.29, 0.717) is 85.1 Å². The van der Waals surface area contributed by atoms with E-state index in [0.717, 1.165) is 6.42 Å². The molecule has 1 amide bonds. The highest BCUT2D eigenvalue weighted by Crippen LogP contribution is 2.04. The van der Waals surface area contributed by atoms with Gasteiger partial charge in [-0.15, -0.1) is 0 Å². The summed E-state index contributed by atoms with van der Waals surface area (Å²) >= 11 is 0. The van der Waals surface area contributed by atoms with Crippen molar-refractivity contribution in [1.29, 1.82) is 0 Å². The van der Waals surface area contributed by atoms with Crippen molar-refractivity contribution >= 4 is 18.2 Å². The van der Waals surface area contributed by atoms with Crippen molar-refractivity contribution in [3.63, 3.8) is 0 Å². The minimum absolute atomic E-state index is 0.111. The molecule has 0 fully saturated rings. The number of methoxy groups -OCH3 is 1. The van der Waals surface area contributed by atoms with Crippen molar-refractivity contribution in [2.45, 2.75) is 45.1 Å². The lowest BCUT2D eigenvalue weighted by Crippen LogP contribution is -2.27. The maximum Gasteiger partial charge on any atom is 0.306 e. The zero-order chi connectivity index (χ0) is 23.0. The number of hydrogen-bond donors (Lipinski definition) is 1. The van der Waals surface area contributed by atoms with Crippen molar-refractivity contribution in [1.82, 2.24) is 5.32 Å². The van der Waals surface area contributed by atoms with Crippen LogP contribution in [0, 0.1) is 0 Å². The highest BCUT2D eigenvalue weighted by Gasteiger charge is 2.12. The fraction of sp³-hybridized carbons (Fsp3) is 0.857. The number of aldehydes is 1. The fourth-order valence-electron chi connectivity index (χ4n) is 2.32. The molecule has 1 N–H and O–H groups in total. The molecule has 0 aromatic heterocycles. The third-order valence-electron chi connectivity index (χ3n) is 3.91. The van der Waals surface area contributed by atoms with E-state index in [-0.39, 0.29) is 18.7 Å². The fourth-order valence-corrected chi connectivity index (χ4v) is 2.32. The van der Waals surface area contributed by atoms with Crippen LogP contribution in [0.25, 0.3) is 0 Å². The predicted octanol–water partition coefficient (Wildman–Crippen LogP) is 0.897. The minimum Gasteiger partial charge on any atom is -0.455 e. The van der Waals surface area contributed by atoms with Gasteiger partial charge in [0.15, 0.2) is 12.4 Å². The minimum atomic E-state index is -0.689. The number of hydrogen-bond acceptors (Lipinski definition) is 9. The molecule has 0 saturated heterocycles. The van der Waals surface area contributed by atoms with Crippen molar-refractivity contribution in [2.75, 3.05) is 73.1 Å². The Bertz CT molecular complexity index is 449. The van der Waals surface area contributed by atoms with Gasteiger partial charge in [0.05, 0.1) is 59.5 Å². The summed E-state index contributed by atoms with van der Waals surface area (Å²) in [6, 6.07) is 0. The second kappa shape index (κ2) is 23.1. The molecule has 0 aliphatic rings. The molecule has 31 heavy (non-hydrogen) atoms. The van der Waals surface area contributed by atoms with E-state index >= 15 is 0 Å². The summed E-state index contributed by atoms with van der Waals surface area (Å²) < 4.78 is 31.2. The molecule has 10 nitrogen and oxygen atoms in total. The van der Waals surface area contributed by atoms with Crippen LogP contribution in [-0.4, -0.2) is 97.4 Å². The SMILES string of the molecule is CCCC(C=O)OC(=O)CCCC(=O)NCCOCCOCCOCCOCCOC. The van der Waals surface area contributed by atoms with E-state index < -0.39 is 12.1 Å². The average molecular weight is 450 g/mol. The highest BCUT2D eigenvalue weighted by molar-refractivity contribution is 5.77. The smallest absolute Gasteiger partial charge is 0.306 e. The number of carbonyl (C=O) groups is 3. The van der Waals surface area contributed by atoms with E-state index in [1.54, 1.807) is 7.11 Å². The van der Waals surface area contributed by atoms with E-state index in [4.69, 9.17) is 28.4 Å². The molecule has 10 heteroatoms. The molecule has 0 heterocycles. The number of carbonyl (C=O) groups excluding carboxylic acids is 3. The van der Waals surface area contributed by atoms with Crippen LogP contribution in [0.1, 0.15) is 39.0 Å². The Kier molecular flexibility index (Phi) is 21.9. The molecule has 0 aliphatic heterocycles. The van der Waals surface area contributed by atoms with Crippen LogP contribution in [-0.2, 0) is 42.8 Å². The van der Waals surface area contributed by atoms with Gasteiger partial charge in [0.1, 0.15) is 0 Å². The van der Waals surface area contributed by atoms with Gasteiger partial charge in [0, 0.05) is 26.5 Å². The molecule has 0 aromatic carbocycles. The highest BCUT2D eigenvalue weighted by atomic mass is 16.6. The Morgan fingerprint density at radius 1 is 0.839 bits per heavy atom. The van der Waals surface area contributed by atoms with Gasteiger partial charge in [-0.05, 0) is 12.8 Å². The molecule has 0 aromatic rings. The van der Waals surface area contributed by atoms with E-state index in [2.05, 4.69) is 5.32 Å². The second-order valence-electron chi connectivity index (χ2n) is 6.60. The summed E-state index contributed by atoms with van der Waals surface area (Å²) in [5.74, 6) is -0.612. The molecule has 0 rings (SSSR count). The molecular weight excluding hydrogens is 410 g/mol. The summed E-state index contributed by atoms with van der Waals surface area (Å²) in [5, 5.41) is 2.72. The molecule has 0 bridgehead atoms. The zero-order valence-electron chi connectivity index (χ0n) is 18.9. The summed E-state index contributed by atoms with van der Waals surface area (Å²) in [6.07, 6.45) is 1.92. The van der Waals surface area contributed by atoms with E-state index in [1.165, 1.54) is 0 Å². The monoisotopic (exact) mass is 449 g/mol. The average Bonchev–Trinajstić information content (AvgIpc) is 2.76. The topological polar surface area (TPSA) is 119 Å². The van der Waals surface area contributed by atoms with E-state index in [9.17, 15) is 14.4 Å². The number of nitrogens with one attached hydrogen (secondary N) is 1. The van der Waals surface area contributed by atoms with Crippen LogP contribution in [0.2, 0.25) is 0 Å². The Hall–Kier alpha value is -1.59. The lowest BCUT2D eigenvalue weighted by molar-refractivity contribution is -0.152. The van der Waals surface area contributed by atoms with Gasteiger partial charge in [-0.1, -0.05) is 13.3 Å². The Balaban J connectivity index is 3.36. The zero-order valence-corrected chi connectivity index (χ0v) is 18.9. The summed E-state index contributed by atoms with van der Waals surface area (Å²) in [7, 11) is 1.63. The maximum absolute atomic E-state index is 11.7. The van der Waals surface area contributed by atoms with Crippen LogP contribution >= 0.6 is 0 Å². The number of ether oxygens (including phenoxy) is 6. The quantitative estimate of drug-likeness (QED) is 0.138. The second-order valence-corrected chi connectivity index (χ2v) is 6.60. The van der Waals surface area contributed by atoms with Crippen LogP contribution in [0.4, 0.5) is 0 Å². The molecule has 0 saturated carbocycles. The lowest BCUT2D eigenvalue weighted by Gasteiger charge is -2.11. The van der Waals surface area contributed by atoms with Crippen molar-refractivity contribution in [2.24, 2.45) is 0 Å². The van der Waals surface area contributed by atoms with Gasteiger partial charge in [-0.25, -0.2) is 0 Å². The molecule has 0 radical (unpaired) electrons. The van der Waals surface area contributed by atoms with Gasteiger partial charge in [-0.2, -0.15) is 0 Å². The molecular formula is C21H39NO9. The first-order valence-electron chi connectivity index (χ1n) is 10.8. The van der Waals surface area contributed by atoms with Gasteiger partial charge >= 0.3 is 5.97 Å². The standard InChI is InChI=1S/C21H39NO9/c1-3-5-19(18-23)31-21(25)7-4-6-20(24)22-8-9-27-12-13-29-16-17-30-15-14-28-11-10-26-2/h18-19H,3-17H2,1-2H3,(H,22,24). The third kappa shape index (κ3) is 21.4. The normalized spacial score (nSPS) is 11.8. The number of amides is 1. The number of esters is 1. The van der Waals surface area contributed by atoms with Gasteiger partial charge in [0.25, 0.3) is 0 Å². The van der Waals surface area contributed by atoms with Crippen LogP contribution < -0.4 is 5.32 Å². The molecule has 0 spiro atoms. The van der Waals surface area contributed by atoms with Gasteiger partial charge in [0.2, 0.25) is 5.91 Å². The first-order chi connectivity index (χ1) is 15.1. The van der Waals surface area contributed by atoms with Gasteiger partial charge in [-0.3, -0.25) is 14.4 Å².